The molecule has 0 aliphatic heterocycles. The summed E-state index contributed by atoms with van der Waals surface area (Å²) < 4.78 is 0. The van der Waals surface area contributed by atoms with Crippen LogP contribution in [0.3, 0.4) is 0 Å². The highest BCUT2D eigenvalue weighted by atomic mass is 35.5. The first-order chi connectivity index (χ1) is 7.28. The molecule has 0 aromatic heterocycles. The van der Waals surface area contributed by atoms with Crippen LogP contribution < -0.4 is 5.73 Å². The first-order valence-electron chi connectivity index (χ1n) is 5.19. The predicted molar refractivity (Wildman–Crippen MR) is 71.1 cm³/mol. The fourth-order valence-corrected chi connectivity index (χ4v) is 2.02. The number of nitrogens with zero attached hydrogens (tertiary/aromatic N) is 1. The standard InChI is InChI=1S/C12H18Cl2N2/c1-12(2,15)8-16(3)7-9-4-5-10(13)11(14)6-9/h4-6H,7-8,15H2,1-3H3. The summed E-state index contributed by atoms with van der Waals surface area (Å²) in [5.41, 5.74) is 6.91. The van der Waals surface area contributed by atoms with Gasteiger partial charge in [-0.3, -0.25) is 0 Å². The van der Waals surface area contributed by atoms with Crippen LogP contribution in [0.5, 0.6) is 0 Å². The highest BCUT2D eigenvalue weighted by Crippen LogP contribution is 2.23. The van der Waals surface area contributed by atoms with Crippen LogP contribution in [0.4, 0.5) is 0 Å². The number of nitrogens with two attached hydrogens (primary N) is 1. The van der Waals surface area contributed by atoms with Crippen molar-refractivity contribution < 1.29 is 0 Å². The Balaban J connectivity index is 2.63. The number of rotatable bonds is 4. The molecule has 0 saturated heterocycles. The van der Waals surface area contributed by atoms with Crippen molar-refractivity contribution in [1.82, 2.24) is 4.90 Å². The average molecular weight is 261 g/mol. The lowest BCUT2D eigenvalue weighted by Gasteiger charge is -2.26. The summed E-state index contributed by atoms with van der Waals surface area (Å²) in [6.45, 7) is 5.67. The molecule has 0 unspecified atom stereocenters. The Bertz CT molecular complexity index is 359. The second-order valence-electron chi connectivity index (χ2n) is 4.91. The van der Waals surface area contributed by atoms with Crippen LogP contribution in [0, 0.1) is 0 Å². The van der Waals surface area contributed by atoms with E-state index in [0.29, 0.717) is 10.0 Å². The van der Waals surface area contributed by atoms with Gasteiger partial charge >= 0.3 is 0 Å². The molecule has 1 rings (SSSR count). The molecule has 2 N–H and O–H groups in total. The Kier molecular flexibility index (Phi) is 4.62. The zero-order valence-electron chi connectivity index (χ0n) is 9.93. The van der Waals surface area contributed by atoms with Gasteiger partial charge in [0, 0.05) is 18.6 Å². The van der Waals surface area contributed by atoms with E-state index in [1.807, 2.05) is 39.1 Å². The van der Waals surface area contributed by atoms with Crippen molar-refractivity contribution in [2.24, 2.45) is 5.73 Å². The van der Waals surface area contributed by atoms with Crippen molar-refractivity contribution in [2.75, 3.05) is 13.6 Å². The molecule has 0 saturated carbocycles. The van der Waals surface area contributed by atoms with Gasteiger partial charge in [0.15, 0.2) is 0 Å². The maximum Gasteiger partial charge on any atom is 0.0595 e. The Morgan fingerprint density at radius 2 is 1.88 bits per heavy atom. The third kappa shape index (κ3) is 4.71. The van der Waals surface area contributed by atoms with Crippen molar-refractivity contribution in [3.05, 3.63) is 33.8 Å². The first kappa shape index (κ1) is 13.8. The monoisotopic (exact) mass is 260 g/mol. The van der Waals surface area contributed by atoms with Gasteiger partial charge in [0.25, 0.3) is 0 Å². The number of hydrogen-bond acceptors (Lipinski definition) is 2. The maximum atomic E-state index is 5.96. The summed E-state index contributed by atoms with van der Waals surface area (Å²) in [7, 11) is 2.04. The maximum absolute atomic E-state index is 5.96. The fraction of sp³-hybridized carbons (Fsp3) is 0.500. The molecule has 2 nitrogen and oxygen atoms in total. The van der Waals surface area contributed by atoms with Gasteiger partial charge in [-0.2, -0.15) is 0 Å². The van der Waals surface area contributed by atoms with Crippen molar-refractivity contribution in [3.8, 4) is 0 Å². The molecule has 0 atom stereocenters. The van der Waals surface area contributed by atoms with Crippen LogP contribution in [0.1, 0.15) is 19.4 Å². The molecule has 1 aromatic rings. The molecular formula is C12H18Cl2N2. The van der Waals surface area contributed by atoms with Crippen molar-refractivity contribution in [1.29, 1.82) is 0 Å². The largest absolute Gasteiger partial charge is 0.324 e. The minimum atomic E-state index is -0.190. The zero-order valence-corrected chi connectivity index (χ0v) is 11.4. The summed E-state index contributed by atoms with van der Waals surface area (Å²) in [5, 5.41) is 1.19. The molecule has 4 heteroatoms. The van der Waals surface area contributed by atoms with Crippen LogP contribution in [0.2, 0.25) is 10.0 Å². The number of likely N-dealkylation sites (N-methyl/N-ethyl adjacent to an activating group) is 1. The number of halogens is 2. The number of benzene rings is 1. The van der Waals surface area contributed by atoms with Crippen LogP contribution in [-0.2, 0) is 6.54 Å². The molecule has 0 aliphatic rings. The minimum absolute atomic E-state index is 0.190. The Labute approximate surface area is 107 Å². The lowest BCUT2D eigenvalue weighted by atomic mass is 10.1. The van der Waals surface area contributed by atoms with Gasteiger partial charge in [0.1, 0.15) is 0 Å². The fourth-order valence-electron chi connectivity index (χ4n) is 1.70. The van der Waals surface area contributed by atoms with Gasteiger partial charge in [-0.05, 0) is 38.6 Å². The van der Waals surface area contributed by atoms with Gasteiger partial charge in [0.05, 0.1) is 10.0 Å². The quantitative estimate of drug-likeness (QED) is 0.902. The van der Waals surface area contributed by atoms with Crippen LogP contribution in [-0.4, -0.2) is 24.0 Å². The first-order valence-corrected chi connectivity index (χ1v) is 5.95. The Morgan fingerprint density at radius 3 is 2.38 bits per heavy atom. The summed E-state index contributed by atoms with van der Waals surface area (Å²) >= 11 is 11.8. The smallest absolute Gasteiger partial charge is 0.0595 e. The summed E-state index contributed by atoms with van der Waals surface area (Å²) in [4.78, 5) is 2.17. The van der Waals surface area contributed by atoms with Crippen LogP contribution in [0.15, 0.2) is 18.2 Å². The van der Waals surface area contributed by atoms with Gasteiger partial charge < -0.3 is 10.6 Å². The topological polar surface area (TPSA) is 29.3 Å². The molecule has 0 heterocycles. The van der Waals surface area contributed by atoms with E-state index in [2.05, 4.69) is 4.90 Å². The summed E-state index contributed by atoms with van der Waals surface area (Å²) in [5.74, 6) is 0. The molecule has 0 spiro atoms. The highest BCUT2D eigenvalue weighted by molar-refractivity contribution is 6.42. The third-order valence-electron chi connectivity index (χ3n) is 2.11. The van der Waals surface area contributed by atoms with Gasteiger partial charge in [0.2, 0.25) is 0 Å². The second-order valence-corrected chi connectivity index (χ2v) is 5.72. The molecule has 0 fully saturated rings. The van der Waals surface area contributed by atoms with Crippen molar-refractivity contribution >= 4 is 23.2 Å². The molecule has 0 bridgehead atoms. The molecule has 0 aliphatic carbocycles. The van der Waals surface area contributed by atoms with E-state index in [1.165, 1.54) is 0 Å². The number of hydrogen-bond donors (Lipinski definition) is 1. The van der Waals surface area contributed by atoms with Gasteiger partial charge in [-0.15, -0.1) is 0 Å². The second kappa shape index (κ2) is 5.37. The van der Waals surface area contributed by atoms with E-state index in [9.17, 15) is 0 Å². The summed E-state index contributed by atoms with van der Waals surface area (Å²) in [6.07, 6.45) is 0. The SMILES string of the molecule is CN(Cc1ccc(Cl)c(Cl)c1)CC(C)(C)N. The van der Waals surface area contributed by atoms with Crippen molar-refractivity contribution in [2.45, 2.75) is 25.9 Å². The van der Waals surface area contributed by atoms with E-state index < -0.39 is 0 Å². The van der Waals surface area contributed by atoms with E-state index in [4.69, 9.17) is 28.9 Å². The predicted octanol–water partition coefficient (Wildman–Crippen LogP) is 3.16. The lowest BCUT2D eigenvalue weighted by Crippen LogP contribution is -2.43. The molecule has 0 radical (unpaired) electrons. The van der Waals surface area contributed by atoms with Gasteiger partial charge in [-0.1, -0.05) is 29.3 Å². The van der Waals surface area contributed by atoms with E-state index in [1.54, 1.807) is 0 Å². The van der Waals surface area contributed by atoms with E-state index >= 15 is 0 Å². The summed E-state index contributed by atoms with van der Waals surface area (Å²) in [6, 6.07) is 5.69. The van der Waals surface area contributed by atoms with Crippen molar-refractivity contribution in [3.63, 3.8) is 0 Å². The molecular weight excluding hydrogens is 243 g/mol. The van der Waals surface area contributed by atoms with Crippen LogP contribution in [0.25, 0.3) is 0 Å². The molecule has 90 valence electrons. The highest BCUT2D eigenvalue weighted by Gasteiger charge is 2.14. The zero-order chi connectivity index (χ0) is 12.3. The molecule has 0 amide bonds. The average Bonchev–Trinajstić information content (AvgIpc) is 2.08. The molecule has 16 heavy (non-hydrogen) atoms. The van der Waals surface area contributed by atoms with E-state index in [-0.39, 0.29) is 5.54 Å². The Hall–Kier alpha value is -0.280. The third-order valence-corrected chi connectivity index (χ3v) is 2.85. The minimum Gasteiger partial charge on any atom is -0.324 e. The molecule has 1 aromatic carbocycles. The van der Waals surface area contributed by atoms with E-state index in [0.717, 1.165) is 18.7 Å². The van der Waals surface area contributed by atoms with Crippen LogP contribution >= 0.6 is 23.2 Å². The van der Waals surface area contributed by atoms with Gasteiger partial charge in [-0.25, -0.2) is 0 Å². The Morgan fingerprint density at radius 1 is 1.25 bits per heavy atom. The normalized spacial score (nSPS) is 12.2. The lowest BCUT2D eigenvalue weighted by molar-refractivity contribution is 0.263.